The first-order chi connectivity index (χ1) is 12.9. The molecule has 0 saturated carbocycles. The summed E-state index contributed by atoms with van der Waals surface area (Å²) < 4.78 is 31.6. The summed E-state index contributed by atoms with van der Waals surface area (Å²) in [6.07, 6.45) is 0. The van der Waals surface area contributed by atoms with Gasteiger partial charge in [-0.3, -0.25) is 4.99 Å². The highest BCUT2D eigenvalue weighted by Gasteiger charge is 2.12. The van der Waals surface area contributed by atoms with Gasteiger partial charge in [-0.05, 0) is 36.8 Å². The van der Waals surface area contributed by atoms with Crippen molar-refractivity contribution in [2.75, 3.05) is 27.3 Å². The topological polar surface area (TPSA) is 91.8 Å². The first-order valence-electron chi connectivity index (χ1n) is 8.52. The number of benzene rings is 1. The molecule has 0 saturated heterocycles. The predicted molar refractivity (Wildman–Crippen MR) is 110 cm³/mol. The van der Waals surface area contributed by atoms with Gasteiger partial charge in [0, 0.05) is 37.0 Å². The largest absolute Gasteiger partial charge is 0.383 e. The van der Waals surface area contributed by atoms with Gasteiger partial charge in [0.05, 0.1) is 18.0 Å². The van der Waals surface area contributed by atoms with Gasteiger partial charge in [0.1, 0.15) is 0 Å². The van der Waals surface area contributed by atoms with Crippen LogP contribution in [0.15, 0.2) is 46.3 Å². The Morgan fingerprint density at radius 3 is 2.41 bits per heavy atom. The molecule has 0 bridgehead atoms. The SMILES string of the molecule is CN=C(NCc1ccc(S(=O)(=O)NCCOC)cc1)NCc1ccc(C)s1. The molecule has 9 heteroatoms. The lowest BCUT2D eigenvalue weighted by Gasteiger charge is -2.12. The number of sulfonamides is 1. The van der Waals surface area contributed by atoms with Gasteiger partial charge in [0.2, 0.25) is 10.0 Å². The predicted octanol–water partition coefficient (Wildman–Crippen LogP) is 1.85. The Balaban J connectivity index is 1.86. The van der Waals surface area contributed by atoms with E-state index in [2.05, 4.69) is 39.4 Å². The van der Waals surface area contributed by atoms with Crippen molar-refractivity contribution in [3.8, 4) is 0 Å². The standard InChI is InChI=1S/C18H26N4O3S2/c1-14-4-7-16(26-14)13-21-18(19-2)20-12-15-5-8-17(9-6-15)27(23,24)22-10-11-25-3/h4-9,22H,10-13H2,1-3H3,(H2,19,20,21). The van der Waals surface area contributed by atoms with E-state index in [0.717, 1.165) is 5.56 Å². The summed E-state index contributed by atoms with van der Waals surface area (Å²) in [7, 11) is -0.261. The molecule has 7 nitrogen and oxygen atoms in total. The monoisotopic (exact) mass is 410 g/mol. The summed E-state index contributed by atoms with van der Waals surface area (Å²) >= 11 is 1.75. The van der Waals surface area contributed by atoms with E-state index < -0.39 is 10.0 Å². The van der Waals surface area contributed by atoms with E-state index in [9.17, 15) is 8.42 Å². The molecule has 3 N–H and O–H groups in total. The number of guanidine groups is 1. The van der Waals surface area contributed by atoms with Crippen molar-refractivity contribution in [2.45, 2.75) is 24.9 Å². The number of methoxy groups -OCH3 is 1. The zero-order valence-corrected chi connectivity index (χ0v) is 17.4. The average molecular weight is 411 g/mol. The Hall–Kier alpha value is -1.94. The normalized spacial score (nSPS) is 12.2. The van der Waals surface area contributed by atoms with Gasteiger partial charge >= 0.3 is 0 Å². The van der Waals surface area contributed by atoms with E-state index in [1.54, 1.807) is 42.6 Å². The van der Waals surface area contributed by atoms with Crippen molar-refractivity contribution in [3.05, 3.63) is 51.7 Å². The summed E-state index contributed by atoms with van der Waals surface area (Å²) in [5.41, 5.74) is 0.959. The van der Waals surface area contributed by atoms with Crippen LogP contribution in [0.2, 0.25) is 0 Å². The van der Waals surface area contributed by atoms with Crippen LogP contribution in [0.4, 0.5) is 0 Å². The maximum absolute atomic E-state index is 12.1. The van der Waals surface area contributed by atoms with Crippen molar-refractivity contribution in [3.63, 3.8) is 0 Å². The molecule has 1 aromatic heterocycles. The fraction of sp³-hybridized carbons (Fsp3) is 0.389. The molecule has 27 heavy (non-hydrogen) atoms. The van der Waals surface area contributed by atoms with E-state index in [0.29, 0.717) is 25.7 Å². The minimum atomic E-state index is -3.51. The van der Waals surface area contributed by atoms with Crippen molar-refractivity contribution < 1.29 is 13.2 Å². The molecule has 1 aromatic carbocycles. The Labute approximate surface area is 164 Å². The van der Waals surface area contributed by atoms with Crippen LogP contribution >= 0.6 is 11.3 Å². The van der Waals surface area contributed by atoms with Crippen molar-refractivity contribution >= 4 is 27.3 Å². The van der Waals surface area contributed by atoms with Crippen LogP contribution in [0.25, 0.3) is 0 Å². The lowest BCUT2D eigenvalue weighted by atomic mass is 10.2. The fourth-order valence-electron chi connectivity index (χ4n) is 2.31. The zero-order valence-electron chi connectivity index (χ0n) is 15.8. The Morgan fingerprint density at radius 2 is 1.81 bits per heavy atom. The lowest BCUT2D eigenvalue weighted by molar-refractivity contribution is 0.204. The molecule has 1 heterocycles. The van der Waals surface area contributed by atoms with E-state index in [1.165, 1.54) is 16.9 Å². The molecule has 148 valence electrons. The number of nitrogens with zero attached hydrogens (tertiary/aromatic N) is 1. The molecule has 0 aliphatic heterocycles. The van der Waals surface area contributed by atoms with Crippen molar-refractivity contribution in [2.24, 2.45) is 4.99 Å². The third kappa shape index (κ3) is 6.94. The second-order valence-corrected chi connectivity index (χ2v) is 8.97. The second-order valence-electron chi connectivity index (χ2n) is 5.83. The summed E-state index contributed by atoms with van der Waals surface area (Å²) in [4.78, 5) is 6.96. The Morgan fingerprint density at radius 1 is 1.11 bits per heavy atom. The van der Waals surface area contributed by atoms with E-state index >= 15 is 0 Å². The molecule has 0 aliphatic carbocycles. The summed E-state index contributed by atoms with van der Waals surface area (Å²) in [6.45, 7) is 3.91. The maximum atomic E-state index is 12.1. The first-order valence-corrected chi connectivity index (χ1v) is 10.8. The number of aryl methyl sites for hydroxylation is 1. The van der Waals surface area contributed by atoms with Crippen LogP contribution in [0.3, 0.4) is 0 Å². The second kappa shape index (κ2) is 10.4. The number of nitrogens with one attached hydrogen (secondary N) is 3. The van der Waals surface area contributed by atoms with Gasteiger partial charge in [0.25, 0.3) is 0 Å². The van der Waals surface area contributed by atoms with Crippen LogP contribution in [-0.4, -0.2) is 41.7 Å². The van der Waals surface area contributed by atoms with Crippen LogP contribution in [0, 0.1) is 6.92 Å². The smallest absolute Gasteiger partial charge is 0.240 e. The molecule has 0 radical (unpaired) electrons. The minimum absolute atomic E-state index is 0.234. The molecule has 0 aliphatic rings. The fourth-order valence-corrected chi connectivity index (χ4v) is 4.15. The average Bonchev–Trinajstić information content (AvgIpc) is 3.07. The quantitative estimate of drug-likeness (QED) is 0.333. The number of rotatable bonds is 9. The van der Waals surface area contributed by atoms with Crippen LogP contribution < -0.4 is 15.4 Å². The molecular weight excluding hydrogens is 384 g/mol. The number of ether oxygens (including phenoxy) is 1. The molecule has 0 atom stereocenters. The van der Waals surface area contributed by atoms with E-state index in [-0.39, 0.29) is 11.4 Å². The molecule has 2 aromatic rings. The van der Waals surface area contributed by atoms with Gasteiger partial charge in [-0.1, -0.05) is 12.1 Å². The van der Waals surface area contributed by atoms with E-state index in [4.69, 9.17) is 4.74 Å². The number of hydrogen-bond donors (Lipinski definition) is 3. The summed E-state index contributed by atoms with van der Waals surface area (Å²) in [6, 6.07) is 11.0. The van der Waals surface area contributed by atoms with Crippen molar-refractivity contribution in [1.82, 2.24) is 15.4 Å². The van der Waals surface area contributed by atoms with Crippen LogP contribution in [0.5, 0.6) is 0 Å². The highest BCUT2D eigenvalue weighted by atomic mass is 32.2. The summed E-state index contributed by atoms with van der Waals surface area (Å²) in [5, 5.41) is 6.49. The van der Waals surface area contributed by atoms with Crippen LogP contribution in [-0.2, 0) is 27.8 Å². The number of hydrogen-bond acceptors (Lipinski definition) is 5. The van der Waals surface area contributed by atoms with Gasteiger partial charge in [-0.25, -0.2) is 13.1 Å². The van der Waals surface area contributed by atoms with Crippen molar-refractivity contribution in [1.29, 1.82) is 0 Å². The zero-order chi connectivity index (χ0) is 19.7. The van der Waals surface area contributed by atoms with Gasteiger partial charge in [0.15, 0.2) is 5.96 Å². The highest BCUT2D eigenvalue weighted by molar-refractivity contribution is 7.89. The third-order valence-corrected chi connectivity index (χ3v) is 6.22. The Kier molecular flexibility index (Phi) is 8.23. The summed E-state index contributed by atoms with van der Waals surface area (Å²) in [5.74, 6) is 0.694. The molecular formula is C18H26N4O3S2. The molecule has 0 unspecified atom stereocenters. The Bertz CT molecular complexity index is 846. The lowest BCUT2D eigenvalue weighted by Crippen LogP contribution is -2.36. The first kappa shape index (κ1) is 21.4. The highest BCUT2D eigenvalue weighted by Crippen LogP contribution is 2.14. The van der Waals surface area contributed by atoms with Gasteiger partial charge in [-0.15, -0.1) is 11.3 Å². The molecule has 0 spiro atoms. The number of thiophene rings is 1. The maximum Gasteiger partial charge on any atom is 0.240 e. The van der Waals surface area contributed by atoms with Gasteiger partial charge in [-0.2, -0.15) is 0 Å². The molecule has 0 fully saturated rings. The van der Waals surface area contributed by atoms with Gasteiger partial charge < -0.3 is 15.4 Å². The van der Waals surface area contributed by atoms with Crippen LogP contribution in [0.1, 0.15) is 15.3 Å². The number of aliphatic imine (C=N–C) groups is 1. The molecule has 0 amide bonds. The minimum Gasteiger partial charge on any atom is -0.383 e. The van der Waals surface area contributed by atoms with E-state index in [1.807, 2.05) is 0 Å². The molecule has 2 rings (SSSR count). The third-order valence-electron chi connectivity index (χ3n) is 3.74.